The summed E-state index contributed by atoms with van der Waals surface area (Å²) in [6.45, 7) is 6.99. The van der Waals surface area contributed by atoms with Crippen LogP contribution in [0.5, 0.6) is 0 Å². The molecule has 0 aliphatic rings. The monoisotopic (exact) mass is 198 g/mol. The van der Waals surface area contributed by atoms with E-state index in [1.54, 1.807) is 6.07 Å². The fraction of sp³-hybridized carbons (Fsp3) is 0.0769. The Hall–Kier alpha value is -2.32. The molecule has 0 heterocycles. The van der Waals surface area contributed by atoms with Gasteiger partial charge in [0.1, 0.15) is 0 Å². The summed E-state index contributed by atoms with van der Waals surface area (Å²) >= 11 is 0. The van der Waals surface area contributed by atoms with E-state index in [1.807, 2.05) is 0 Å². The first-order valence-corrected chi connectivity index (χ1v) is 4.13. The minimum absolute atomic E-state index is 0.00198. The van der Waals surface area contributed by atoms with Gasteiger partial charge in [-0.3, -0.25) is 0 Å². The molecule has 2 heteroatoms. The highest BCUT2D eigenvalue weighted by Gasteiger charge is 1.97. The van der Waals surface area contributed by atoms with Crippen molar-refractivity contribution in [3.8, 4) is 6.07 Å². The molecular weight excluding hydrogens is 184 g/mol. The zero-order valence-corrected chi connectivity index (χ0v) is 7.60. The average Bonchev–Trinajstić information content (AvgIpc) is 2.45. The molecule has 15 heavy (non-hydrogen) atoms. The average molecular weight is 198 g/mol. The Morgan fingerprint density at radius 3 is 2.73 bits per heavy atom. The van der Waals surface area contributed by atoms with Gasteiger partial charge in [-0.1, -0.05) is 30.2 Å². The maximum absolute atomic E-state index is 8.75. The van der Waals surface area contributed by atoms with E-state index in [0.717, 1.165) is 0 Å². The molecule has 0 unspecified atom stereocenters. The molecule has 0 aromatic heterocycles. The SMILES string of the molecule is [2H]c1c([N+]#[C-])c([2H])c2c([2H])c([2H])c(CC#N)c([2H])c2c1[2H]. The normalized spacial score (nSPS) is 15.1. The second-order valence-corrected chi connectivity index (χ2v) is 2.77. The van der Waals surface area contributed by atoms with Crippen molar-refractivity contribution in [3.63, 3.8) is 0 Å². The molecule has 0 amide bonds. The van der Waals surface area contributed by atoms with Crippen molar-refractivity contribution in [2.24, 2.45) is 0 Å². The van der Waals surface area contributed by atoms with Crippen molar-refractivity contribution in [1.82, 2.24) is 0 Å². The highest BCUT2D eigenvalue weighted by Crippen LogP contribution is 2.22. The fourth-order valence-electron chi connectivity index (χ4n) is 1.13. The molecule has 0 N–H and O–H groups in total. The maximum atomic E-state index is 8.75. The van der Waals surface area contributed by atoms with Crippen LogP contribution in [0.25, 0.3) is 15.6 Å². The summed E-state index contributed by atoms with van der Waals surface area (Å²) < 4.78 is 47.4. The molecule has 0 bridgehead atoms. The molecule has 0 spiro atoms. The molecule has 2 rings (SSSR count). The molecule has 0 saturated heterocycles. The Morgan fingerprint density at radius 2 is 2.00 bits per heavy atom. The van der Waals surface area contributed by atoms with Gasteiger partial charge in [-0.05, 0) is 22.4 Å². The van der Waals surface area contributed by atoms with Gasteiger partial charge in [0, 0.05) is 2.74 Å². The second-order valence-electron chi connectivity index (χ2n) is 2.77. The van der Waals surface area contributed by atoms with Crippen LogP contribution in [0.2, 0.25) is 0 Å². The van der Waals surface area contributed by atoms with Crippen LogP contribution >= 0.6 is 0 Å². The van der Waals surface area contributed by atoms with Gasteiger partial charge in [-0.2, -0.15) is 5.26 Å². The van der Waals surface area contributed by atoms with Crippen LogP contribution in [0.1, 0.15) is 13.8 Å². The van der Waals surface area contributed by atoms with Crippen molar-refractivity contribution in [2.75, 3.05) is 0 Å². The second kappa shape index (κ2) is 3.82. The van der Waals surface area contributed by atoms with E-state index in [1.165, 1.54) is 0 Å². The lowest BCUT2D eigenvalue weighted by Gasteiger charge is -2.00. The molecule has 70 valence electrons. The zero-order chi connectivity index (χ0) is 15.9. The standard InChI is InChI=1S/C13H8N2/c1-15-13-5-4-11-8-10(6-7-14)2-3-12(11)9-13/h2-5,8-9H,6H2/i2D,3D,4D,5D,8D,9D. The van der Waals surface area contributed by atoms with E-state index < -0.39 is 24.2 Å². The highest BCUT2D eigenvalue weighted by atomic mass is 14.6. The number of fused-ring (bicyclic) bond motifs is 1. The van der Waals surface area contributed by atoms with Crippen LogP contribution in [-0.2, 0) is 6.42 Å². The molecule has 2 nitrogen and oxygen atoms in total. The topological polar surface area (TPSA) is 28.1 Å². The Morgan fingerprint density at radius 1 is 1.27 bits per heavy atom. The molecule has 0 aliphatic carbocycles. The first-order chi connectivity index (χ1) is 9.86. The van der Waals surface area contributed by atoms with Gasteiger partial charge in [0.2, 0.25) is 0 Å². The third-order valence-corrected chi connectivity index (χ3v) is 1.78. The summed E-state index contributed by atoms with van der Waals surface area (Å²) in [4.78, 5) is 3.04. The number of nitrogens with zero attached hydrogens (tertiary/aromatic N) is 2. The summed E-state index contributed by atoms with van der Waals surface area (Å²) in [6.07, 6.45) is -0.260. The van der Waals surface area contributed by atoms with Crippen LogP contribution in [0, 0.1) is 17.9 Å². The van der Waals surface area contributed by atoms with Crippen molar-refractivity contribution in [2.45, 2.75) is 6.42 Å². The van der Waals surface area contributed by atoms with Gasteiger partial charge < -0.3 is 0 Å². The number of nitriles is 1. The fourth-order valence-corrected chi connectivity index (χ4v) is 1.13. The predicted molar refractivity (Wildman–Crippen MR) is 59.5 cm³/mol. The third-order valence-electron chi connectivity index (χ3n) is 1.78. The number of rotatable bonds is 1. The van der Waals surface area contributed by atoms with Crippen molar-refractivity contribution in [3.05, 3.63) is 53.2 Å². The summed E-state index contributed by atoms with van der Waals surface area (Å²) in [6, 6.07) is -0.560. The lowest BCUT2D eigenvalue weighted by atomic mass is 10.1. The van der Waals surface area contributed by atoms with Gasteiger partial charge in [-0.15, -0.1) is 0 Å². The molecule has 2 aromatic carbocycles. The Bertz CT molecular complexity index is 861. The first-order valence-electron chi connectivity index (χ1n) is 7.13. The number of benzene rings is 2. The van der Waals surface area contributed by atoms with Gasteiger partial charge in [0.05, 0.1) is 24.5 Å². The largest absolute Gasteiger partial charge is 0.238 e. The zero-order valence-electron chi connectivity index (χ0n) is 13.6. The van der Waals surface area contributed by atoms with E-state index in [0.29, 0.717) is 0 Å². The minimum Gasteiger partial charge on any atom is -0.238 e. The van der Waals surface area contributed by atoms with Gasteiger partial charge >= 0.3 is 0 Å². The first kappa shape index (κ1) is 4.47. The molecule has 0 atom stereocenters. The molecule has 2 aromatic rings. The quantitative estimate of drug-likeness (QED) is 0.645. The smallest absolute Gasteiger partial charge is 0.187 e. The third kappa shape index (κ3) is 1.80. The Kier molecular flexibility index (Phi) is 1.14. The Balaban J connectivity index is 3.17. The van der Waals surface area contributed by atoms with E-state index in [2.05, 4.69) is 4.85 Å². The molecular formula is C13H8N2. The predicted octanol–water partition coefficient (Wildman–Crippen LogP) is 3.46. The van der Waals surface area contributed by atoms with Crippen LogP contribution < -0.4 is 0 Å². The van der Waals surface area contributed by atoms with Crippen LogP contribution in [-0.4, -0.2) is 0 Å². The van der Waals surface area contributed by atoms with Crippen LogP contribution in [0.15, 0.2) is 36.3 Å². The summed E-state index contributed by atoms with van der Waals surface area (Å²) in [7, 11) is 0. The van der Waals surface area contributed by atoms with Crippen molar-refractivity contribution >= 4 is 16.5 Å². The van der Waals surface area contributed by atoms with E-state index in [4.69, 9.17) is 20.1 Å². The Labute approximate surface area is 96.6 Å². The molecule has 0 radical (unpaired) electrons. The minimum atomic E-state index is -0.476. The van der Waals surface area contributed by atoms with E-state index in [9.17, 15) is 0 Å². The van der Waals surface area contributed by atoms with Crippen molar-refractivity contribution < 1.29 is 8.22 Å². The summed E-state index contributed by atoms with van der Waals surface area (Å²) in [5.74, 6) is 0. The summed E-state index contributed by atoms with van der Waals surface area (Å²) in [5, 5.41) is 8.48. The van der Waals surface area contributed by atoms with Crippen LogP contribution in [0.4, 0.5) is 5.69 Å². The number of hydrogen-bond acceptors (Lipinski definition) is 1. The molecule has 0 saturated carbocycles. The van der Waals surface area contributed by atoms with Gasteiger partial charge in [0.25, 0.3) is 0 Å². The molecule has 0 fully saturated rings. The van der Waals surface area contributed by atoms with E-state index in [-0.39, 0.29) is 40.5 Å². The maximum Gasteiger partial charge on any atom is 0.187 e. The lowest BCUT2D eigenvalue weighted by molar-refractivity contribution is 1.27. The van der Waals surface area contributed by atoms with Gasteiger partial charge in [0.15, 0.2) is 5.69 Å². The summed E-state index contributed by atoms with van der Waals surface area (Å²) in [5.41, 5.74) is -0.370. The van der Waals surface area contributed by atoms with Crippen LogP contribution in [0.3, 0.4) is 0 Å². The number of hydrogen-bond donors (Lipinski definition) is 0. The van der Waals surface area contributed by atoms with E-state index >= 15 is 0 Å². The highest BCUT2D eigenvalue weighted by molar-refractivity contribution is 5.86. The lowest BCUT2D eigenvalue weighted by Crippen LogP contribution is -1.81. The van der Waals surface area contributed by atoms with Gasteiger partial charge in [-0.25, -0.2) is 4.85 Å². The van der Waals surface area contributed by atoms with Crippen molar-refractivity contribution in [1.29, 1.82) is 5.26 Å². The molecule has 0 aliphatic heterocycles.